The minimum Gasteiger partial charge on any atom is -0.453 e. The number of hydrogen-bond acceptors (Lipinski definition) is 7. The van der Waals surface area contributed by atoms with E-state index in [1.807, 2.05) is 60.4 Å². The number of benzene rings is 3. The molecular weight excluding hydrogens is 535 g/mol. The summed E-state index contributed by atoms with van der Waals surface area (Å²) in [4.78, 5) is 2.13. The van der Waals surface area contributed by atoms with E-state index in [-0.39, 0.29) is 24.7 Å². The maximum absolute atomic E-state index is 14.1. The van der Waals surface area contributed by atoms with Crippen LogP contribution in [0.15, 0.2) is 82.1 Å². The van der Waals surface area contributed by atoms with Gasteiger partial charge in [-0.05, 0) is 55.0 Å². The SMILES string of the molecule is CCCN=S(=O)(N[C@@H]1COC[C@H](N2c3ccccc3Oc3ccccc32)[C@H]1O)c1ccc(OC(F)(F)F)cc1. The van der Waals surface area contributed by atoms with Crippen molar-refractivity contribution in [3.63, 3.8) is 0 Å². The first-order valence-electron chi connectivity index (χ1n) is 12.5. The minimum absolute atomic E-state index is 0.0548. The van der Waals surface area contributed by atoms with Gasteiger partial charge in [0.15, 0.2) is 11.5 Å². The molecule has 0 aromatic heterocycles. The van der Waals surface area contributed by atoms with Crippen LogP contribution in [-0.4, -0.2) is 53.6 Å². The number of fused-ring (bicyclic) bond motifs is 2. The fourth-order valence-corrected chi connectivity index (χ4v) is 6.56. The molecule has 0 saturated carbocycles. The summed E-state index contributed by atoms with van der Waals surface area (Å²) < 4.78 is 75.1. The number of nitrogens with zero attached hydrogens (tertiary/aromatic N) is 2. The fraction of sp³-hybridized carbons (Fsp3) is 0.333. The number of para-hydroxylation sites is 4. The highest BCUT2D eigenvalue weighted by molar-refractivity contribution is 7.91. The molecule has 0 amide bonds. The molecule has 4 atom stereocenters. The number of rotatable bonds is 7. The van der Waals surface area contributed by atoms with Crippen molar-refractivity contribution >= 4 is 21.3 Å². The second kappa shape index (κ2) is 11.0. The predicted octanol–water partition coefficient (Wildman–Crippen LogP) is 5.40. The molecule has 2 heterocycles. The predicted molar refractivity (Wildman–Crippen MR) is 140 cm³/mol. The monoisotopic (exact) mass is 563 g/mol. The summed E-state index contributed by atoms with van der Waals surface area (Å²) in [6, 6.07) is 18.3. The van der Waals surface area contributed by atoms with Gasteiger partial charge in [-0.1, -0.05) is 31.2 Å². The van der Waals surface area contributed by atoms with Crippen molar-refractivity contribution in [3.05, 3.63) is 72.8 Å². The maximum atomic E-state index is 14.1. The van der Waals surface area contributed by atoms with E-state index in [1.54, 1.807) is 0 Å². The third-order valence-electron chi connectivity index (χ3n) is 6.38. The third kappa shape index (κ3) is 5.83. The van der Waals surface area contributed by atoms with Crippen LogP contribution in [0, 0.1) is 0 Å². The van der Waals surface area contributed by atoms with Crippen LogP contribution >= 0.6 is 0 Å². The van der Waals surface area contributed by atoms with Crippen molar-refractivity contribution in [3.8, 4) is 17.2 Å². The zero-order chi connectivity index (χ0) is 27.6. The summed E-state index contributed by atoms with van der Waals surface area (Å²) in [5, 5.41) is 11.6. The number of aliphatic hydroxyl groups excluding tert-OH is 1. The molecule has 1 fully saturated rings. The van der Waals surface area contributed by atoms with Crippen molar-refractivity contribution in [2.75, 3.05) is 24.7 Å². The molecule has 3 aromatic carbocycles. The first-order valence-corrected chi connectivity index (χ1v) is 14.0. The number of hydrogen-bond donors (Lipinski definition) is 2. The molecule has 1 saturated heterocycles. The highest BCUT2D eigenvalue weighted by Gasteiger charge is 2.41. The summed E-state index contributed by atoms with van der Waals surface area (Å²) in [6.07, 6.45) is -5.30. The van der Waals surface area contributed by atoms with E-state index in [0.29, 0.717) is 17.9 Å². The Labute approximate surface area is 224 Å². The quantitative estimate of drug-likeness (QED) is 0.400. The van der Waals surface area contributed by atoms with E-state index < -0.39 is 40.2 Å². The molecule has 1 unspecified atom stereocenters. The van der Waals surface area contributed by atoms with E-state index in [1.165, 1.54) is 12.1 Å². The standard InChI is InChI=1S/C27H28F3N3O5S/c1-2-15-31-39(35,19-13-11-18(12-14-19)38-27(28,29)30)32-20-16-36-17-23(26(20)34)33-21-7-3-5-9-24(21)37-25-10-6-4-8-22(25)33/h3-14,20,23,26,34H,2,15-17H2,1H3,(H,31,32,35)/t20-,23+,26+,39?/m1/s1. The van der Waals surface area contributed by atoms with Crippen LogP contribution in [0.25, 0.3) is 0 Å². The Hall–Kier alpha value is -3.32. The van der Waals surface area contributed by atoms with Gasteiger partial charge in [0, 0.05) is 6.54 Å². The molecule has 2 aliphatic heterocycles. The summed E-state index contributed by atoms with van der Waals surface area (Å²) in [5.74, 6) is 0.817. The highest BCUT2D eigenvalue weighted by atomic mass is 32.2. The molecule has 0 spiro atoms. The molecule has 39 heavy (non-hydrogen) atoms. The Balaban J connectivity index is 1.45. The molecule has 2 aliphatic rings. The van der Waals surface area contributed by atoms with Gasteiger partial charge < -0.3 is 24.2 Å². The zero-order valence-electron chi connectivity index (χ0n) is 21.0. The second-order valence-corrected chi connectivity index (χ2v) is 11.1. The van der Waals surface area contributed by atoms with E-state index in [9.17, 15) is 22.5 Å². The van der Waals surface area contributed by atoms with Crippen molar-refractivity contribution in [2.45, 2.75) is 42.8 Å². The van der Waals surface area contributed by atoms with E-state index >= 15 is 0 Å². The van der Waals surface area contributed by atoms with Crippen LogP contribution in [0.5, 0.6) is 17.2 Å². The van der Waals surface area contributed by atoms with Crippen LogP contribution in [0.1, 0.15) is 13.3 Å². The lowest BCUT2D eigenvalue weighted by Crippen LogP contribution is -2.60. The number of nitrogens with one attached hydrogen (secondary N) is 1. The van der Waals surface area contributed by atoms with Crippen molar-refractivity contribution < 1.29 is 36.7 Å². The highest BCUT2D eigenvalue weighted by Crippen LogP contribution is 2.48. The molecule has 8 nitrogen and oxygen atoms in total. The van der Waals surface area contributed by atoms with Crippen LogP contribution in [0.2, 0.25) is 0 Å². The molecule has 2 N–H and O–H groups in total. The molecular formula is C27H28F3N3O5S. The van der Waals surface area contributed by atoms with Crippen LogP contribution in [0.3, 0.4) is 0 Å². The zero-order valence-corrected chi connectivity index (χ0v) is 21.8. The van der Waals surface area contributed by atoms with Gasteiger partial charge in [-0.15, -0.1) is 13.2 Å². The third-order valence-corrected chi connectivity index (χ3v) is 8.46. The van der Waals surface area contributed by atoms with E-state index in [2.05, 4.69) is 13.8 Å². The van der Waals surface area contributed by atoms with Gasteiger partial charge in [-0.3, -0.25) is 0 Å². The number of ether oxygens (including phenoxy) is 3. The van der Waals surface area contributed by atoms with Gasteiger partial charge >= 0.3 is 6.36 Å². The number of anilines is 2. The van der Waals surface area contributed by atoms with Crippen molar-refractivity contribution in [1.29, 1.82) is 0 Å². The average Bonchev–Trinajstić information content (AvgIpc) is 2.91. The first kappa shape index (κ1) is 27.3. The minimum atomic E-state index is -4.84. The maximum Gasteiger partial charge on any atom is 0.573 e. The van der Waals surface area contributed by atoms with Crippen LogP contribution in [-0.2, 0) is 14.7 Å². The summed E-state index contributed by atoms with van der Waals surface area (Å²) >= 11 is 0. The molecule has 0 aliphatic carbocycles. The molecule has 3 aromatic rings. The van der Waals surface area contributed by atoms with Crippen LogP contribution in [0.4, 0.5) is 24.5 Å². The smallest absolute Gasteiger partial charge is 0.453 e. The Morgan fingerprint density at radius 2 is 1.64 bits per heavy atom. The van der Waals surface area contributed by atoms with Gasteiger partial charge in [0.1, 0.15) is 15.7 Å². The molecule has 12 heteroatoms. The van der Waals surface area contributed by atoms with Gasteiger partial charge in [0.25, 0.3) is 0 Å². The second-order valence-electron chi connectivity index (χ2n) is 9.13. The normalized spacial score (nSPS) is 22.2. The number of aliphatic hydroxyl groups is 1. The van der Waals surface area contributed by atoms with Gasteiger partial charge in [0.05, 0.1) is 47.7 Å². The van der Waals surface area contributed by atoms with Gasteiger partial charge in [-0.25, -0.2) is 13.3 Å². The van der Waals surface area contributed by atoms with Gasteiger partial charge in [-0.2, -0.15) is 0 Å². The molecule has 5 rings (SSSR count). The lowest BCUT2D eigenvalue weighted by molar-refractivity contribution is -0.274. The summed E-state index contributed by atoms with van der Waals surface area (Å²) in [5.41, 5.74) is 1.50. The Bertz CT molecular complexity index is 1380. The largest absolute Gasteiger partial charge is 0.573 e. The fourth-order valence-electron chi connectivity index (χ4n) is 4.63. The van der Waals surface area contributed by atoms with E-state index in [0.717, 1.165) is 23.5 Å². The van der Waals surface area contributed by atoms with E-state index in [4.69, 9.17) is 9.47 Å². The Kier molecular flexibility index (Phi) is 7.72. The summed E-state index contributed by atoms with van der Waals surface area (Å²) in [7, 11) is -3.34. The van der Waals surface area contributed by atoms with Crippen molar-refractivity contribution in [1.82, 2.24) is 4.72 Å². The first-order chi connectivity index (χ1) is 18.7. The summed E-state index contributed by atoms with van der Waals surface area (Å²) in [6.45, 7) is 2.35. The average molecular weight is 564 g/mol. The van der Waals surface area contributed by atoms with Crippen molar-refractivity contribution in [2.24, 2.45) is 4.36 Å². The topological polar surface area (TPSA) is 92.6 Å². The lowest BCUT2D eigenvalue weighted by Gasteiger charge is -2.44. The molecule has 208 valence electrons. The Morgan fingerprint density at radius 3 is 2.23 bits per heavy atom. The number of alkyl halides is 3. The van der Waals surface area contributed by atoms with Gasteiger partial charge in [0.2, 0.25) is 0 Å². The molecule has 0 bridgehead atoms. The molecule has 0 radical (unpaired) electrons. The Morgan fingerprint density at radius 1 is 1.03 bits per heavy atom. The lowest BCUT2D eigenvalue weighted by atomic mass is 9.98. The number of halogens is 3. The van der Waals surface area contributed by atoms with Crippen LogP contribution < -0.4 is 19.1 Å².